The number of carbonyl (C=O) groups is 1. The van der Waals surface area contributed by atoms with Crippen LogP contribution in [0.5, 0.6) is 5.75 Å². The Kier molecular flexibility index (Phi) is 6.53. The van der Waals surface area contributed by atoms with Gasteiger partial charge in [-0.15, -0.1) is 13.2 Å². The lowest BCUT2D eigenvalue weighted by Crippen LogP contribution is -2.30. The highest BCUT2D eigenvalue weighted by Gasteiger charge is 2.31. The summed E-state index contributed by atoms with van der Waals surface area (Å²) in [5.74, 6) is -0.499. The third-order valence-corrected chi connectivity index (χ3v) is 6.25. The number of nitrogen functional groups attached to an aromatic ring is 1. The molecule has 3 N–H and O–H groups in total. The van der Waals surface area contributed by atoms with Gasteiger partial charge in [0.2, 0.25) is 5.91 Å². The van der Waals surface area contributed by atoms with Crippen molar-refractivity contribution in [2.45, 2.75) is 25.7 Å². The number of fused-ring (bicyclic) bond motifs is 2. The van der Waals surface area contributed by atoms with Crippen molar-refractivity contribution in [1.29, 1.82) is 0 Å². The molecule has 10 nitrogen and oxygen atoms in total. The van der Waals surface area contributed by atoms with Crippen LogP contribution in [0.25, 0.3) is 22.2 Å². The van der Waals surface area contributed by atoms with Gasteiger partial charge in [-0.3, -0.25) is 14.3 Å². The van der Waals surface area contributed by atoms with Crippen LogP contribution in [0.4, 0.5) is 24.7 Å². The zero-order valence-corrected chi connectivity index (χ0v) is 20.2. The molecule has 0 unspecified atom stereocenters. The summed E-state index contributed by atoms with van der Waals surface area (Å²) >= 11 is 0. The Bertz CT molecular complexity index is 1580. The van der Waals surface area contributed by atoms with E-state index in [1.165, 1.54) is 22.9 Å². The molecule has 0 fully saturated rings. The second kappa shape index (κ2) is 9.82. The van der Waals surface area contributed by atoms with Gasteiger partial charge in [0, 0.05) is 24.9 Å². The van der Waals surface area contributed by atoms with E-state index in [4.69, 9.17) is 10.5 Å². The van der Waals surface area contributed by atoms with Crippen LogP contribution in [-0.4, -0.2) is 52.5 Å². The molecule has 1 amide bonds. The summed E-state index contributed by atoms with van der Waals surface area (Å²) in [7, 11) is 1.55. The van der Waals surface area contributed by atoms with E-state index in [1.54, 1.807) is 30.2 Å². The molecule has 2 aromatic heterocycles. The molecule has 0 atom stereocenters. The van der Waals surface area contributed by atoms with E-state index >= 15 is 0 Å². The number of nitrogens with zero attached hydrogens (tertiary/aromatic N) is 4. The van der Waals surface area contributed by atoms with Crippen LogP contribution in [-0.2, 0) is 28.9 Å². The third kappa shape index (κ3) is 4.92. The molecule has 198 valence electrons. The maximum Gasteiger partial charge on any atom is 0.573 e. The summed E-state index contributed by atoms with van der Waals surface area (Å²) in [6.45, 7) is 1.09. The predicted molar refractivity (Wildman–Crippen MR) is 133 cm³/mol. The molecule has 0 aliphatic carbocycles. The van der Waals surface area contributed by atoms with Crippen LogP contribution in [0.1, 0.15) is 11.1 Å². The van der Waals surface area contributed by atoms with Gasteiger partial charge in [-0.25, -0.2) is 5.10 Å². The highest BCUT2D eigenvalue weighted by atomic mass is 19.4. The fourth-order valence-electron chi connectivity index (χ4n) is 4.63. The Morgan fingerprint density at radius 3 is 2.79 bits per heavy atom. The van der Waals surface area contributed by atoms with Crippen molar-refractivity contribution in [3.63, 3.8) is 0 Å². The first-order chi connectivity index (χ1) is 18.1. The number of halogens is 3. The van der Waals surface area contributed by atoms with Crippen molar-refractivity contribution in [1.82, 2.24) is 20.0 Å². The lowest BCUT2D eigenvalue weighted by Gasteiger charge is -2.18. The molecule has 0 saturated carbocycles. The van der Waals surface area contributed by atoms with Crippen molar-refractivity contribution < 1.29 is 27.4 Å². The molecule has 5 rings (SSSR count). The molecule has 3 heterocycles. The lowest BCUT2D eigenvalue weighted by atomic mass is 10.0. The SMILES string of the molecule is COCCn1nc(-c2ccc3c(c2)CCN3C(=O)Cc2cccc(OC(F)(F)F)c2)c2c(N)n[nH]c(=O)c21. The fourth-order valence-corrected chi connectivity index (χ4v) is 4.63. The van der Waals surface area contributed by atoms with Gasteiger partial charge >= 0.3 is 6.36 Å². The Balaban J connectivity index is 1.42. The summed E-state index contributed by atoms with van der Waals surface area (Å²) in [6.07, 6.45) is -4.33. The predicted octanol–water partition coefficient (Wildman–Crippen LogP) is 3.05. The highest BCUT2D eigenvalue weighted by Crippen LogP contribution is 2.36. The van der Waals surface area contributed by atoms with E-state index in [2.05, 4.69) is 20.0 Å². The molecule has 4 aromatic rings. The van der Waals surface area contributed by atoms with Crippen LogP contribution in [0, 0.1) is 0 Å². The average Bonchev–Trinajstić information content (AvgIpc) is 3.46. The topological polar surface area (TPSA) is 128 Å². The Labute approximate surface area is 213 Å². The quantitative estimate of drug-likeness (QED) is 0.377. The number of alkyl halides is 3. The molecule has 2 aromatic carbocycles. The maximum atomic E-state index is 13.1. The number of aromatic amines is 1. The number of amides is 1. The molecular formula is C25H23F3N6O4. The maximum absolute atomic E-state index is 13.1. The third-order valence-electron chi connectivity index (χ3n) is 6.25. The number of nitrogens with two attached hydrogens (primary N) is 1. The summed E-state index contributed by atoms with van der Waals surface area (Å²) < 4.78 is 48.3. The van der Waals surface area contributed by atoms with Crippen LogP contribution >= 0.6 is 0 Å². The Hall–Kier alpha value is -4.39. The van der Waals surface area contributed by atoms with Gasteiger partial charge < -0.3 is 20.1 Å². The Morgan fingerprint density at radius 2 is 2.03 bits per heavy atom. The van der Waals surface area contributed by atoms with Crippen LogP contribution in [0.15, 0.2) is 47.3 Å². The Morgan fingerprint density at radius 1 is 1.21 bits per heavy atom. The van der Waals surface area contributed by atoms with Crippen LogP contribution in [0.3, 0.4) is 0 Å². The van der Waals surface area contributed by atoms with Gasteiger partial charge in [0.05, 0.1) is 25.0 Å². The minimum Gasteiger partial charge on any atom is -0.406 e. The van der Waals surface area contributed by atoms with Crippen molar-refractivity contribution >= 4 is 28.3 Å². The van der Waals surface area contributed by atoms with Crippen molar-refractivity contribution in [3.8, 4) is 17.0 Å². The number of nitrogens with one attached hydrogen (secondary N) is 1. The minimum atomic E-state index is -4.81. The molecule has 1 aliphatic rings. The van der Waals surface area contributed by atoms with Crippen LogP contribution < -0.4 is 20.9 Å². The minimum absolute atomic E-state index is 0.0875. The van der Waals surface area contributed by atoms with E-state index < -0.39 is 11.9 Å². The van der Waals surface area contributed by atoms with Gasteiger partial charge in [-0.05, 0) is 41.8 Å². The number of aromatic nitrogens is 4. The number of carbonyl (C=O) groups excluding carboxylic acids is 1. The number of methoxy groups -OCH3 is 1. The van der Waals surface area contributed by atoms with E-state index in [0.717, 1.165) is 5.56 Å². The summed E-state index contributed by atoms with van der Waals surface area (Å²) in [5.41, 5.74) is 9.16. The standard InChI is InChI=1S/C25H23F3N6O4/c1-37-10-9-34-22-20(23(29)30-31-24(22)36)21(32-34)16-5-6-18-15(13-16)7-8-33(18)19(35)12-14-3-2-4-17(11-14)38-25(26,27)28/h2-6,11,13H,7-10,12H2,1H3,(H2,29,30)(H,31,36). The van der Waals surface area contributed by atoms with Gasteiger partial charge in [0.1, 0.15) is 17.0 Å². The second-order valence-corrected chi connectivity index (χ2v) is 8.74. The molecule has 0 saturated heterocycles. The van der Waals surface area contributed by atoms with E-state index in [0.29, 0.717) is 59.5 Å². The lowest BCUT2D eigenvalue weighted by molar-refractivity contribution is -0.274. The van der Waals surface area contributed by atoms with Gasteiger partial charge in [0.25, 0.3) is 5.56 Å². The first-order valence-corrected chi connectivity index (χ1v) is 11.7. The van der Waals surface area contributed by atoms with Gasteiger partial charge in [-0.1, -0.05) is 18.2 Å². The number of hydrogen-bond donors (Lipinski definition) is 2. The summed E-state index contributed by atoms with van der Waals surface area (Å²) in [5, 5.41) is 11.3. The number of hydrogen-bond acceptors (Lipinski definition) is 7. The van der Waals surface area contributed by atoms with Crippen molar-refractivity contribution in [2.24, 2.45) is 0 Å². The normalized spacial score (nSPS) is 13.2. The van der Waals surface area contributed by atoms with Gasteiger partial charge in [-0.2, -0.15) is 10.2 Å². The van der Waals surface area contributed by atoms with E-state index in [9.17, 15) is 22.8 Å². The highest BCUT2D eigenvalue weighted by molar-refractivity contribution is 6.01. The van der Waals surface area contributed by atoms with E-state index in [1.807, 2.05) is 6.07 Å². The van der Waals surface area contributed by atoms with Crippen molar-refractivity contribution in [3.05, 3.63) is 63.9 Å². The van der Waals surface area contributed by atoms with Gasteiger partial charge in [0.15, 0.2) is 5.82 Å². The van der Waals surface area contributed by atoms with Crippen molar-refractivity contribution in [2.75, 3.05) is 30.9 Å². The number of anilines is 2. The first kappa shape index (κ1) is 25.3. The largest absolute Gasteiger partial charge is 0.573 e. The number of H-pyrrole nitrogens is 1. The zero-order valence-electron chi connectivity index (χ0n) is 20.2. The number of rotatable bonds is 7. The molecule has 0 bridgehead atoms. The molecule has 0 spiro atoms. The smallest absolute Gasteiger partial charge is 0.406 e. The number of benzene rings is 2. The molecular weight excluding hydrogens is 505 g/mol. The second-order valence-electron chi connectivity index (χ2n) is 8.74. The first-order valence-electron chi connectivity index (χ1n) is 11.7. The molecule has 38 heavy (non-hydrogen) atoms. The summed E-state index contributed by atoms with van der Waals surface area (Å²) in [4.78, 5) is 27.2. The number of ether oxygens (including phenoxy) is 2. The molecule has 1 aliphatic heterocycles. The summed E-state index contributed by atoms with van der Waals surface area (Å²) in [6, 6.07) is 10.8. The monoisotopic (exact) mass is 528 g/mol. The molecule has 0 radical (unpaired) electrons. The average molecular weight is 528 g/mol. The van der Waals surface area contributed by atoms with Crippen LogP contribution in [0.2, 0.25) is 0 Å². The molecule has 13 heteroatoms. The van der Waals surface area contributed by atoms with E-state index in [-0.39, 0.29) is 23.9 Å². The zero-order chi connectivity index (χ0) is 27.0. The fraction of sp³-hybridized carbons (Fsp3) is 0.280.